The average Bonchev–Trinajstić information content (AvgIpc) is 2.92. The van der Waals surface area contributed by atoms with Crippen LogP contribution >= 0.6 is 0 Å². The van der Waals surface area contributed by atoms with Crippen LogP contribution in [0.25, 0.3) is 0 Å². The SMILES string of the molecule is CCn1cc(S(=O)(=O)N(C)CC2CCCCO2)cc1CN. The fourth-order valence-corrected chi connectivity index (χ4v) is 3.92. The first-order valence-corrected chi connectivity index (χ1v) is 8.90. The average molecular weight is 315 g/mol. The van der Waals surface area contributed by atoms with Crippen molar-refractivity contribution in [2.75, 3.05) is 20.2 Å². The van der Waals surface area contributed by atoms with Gasteiger partial charge in [0.2, 0.25) is 10.0 Å². The Labute approximate surface area is 126 Å². The van der Waals surface area contributed by atoms with Crippen LogP contribution in [0.4, 0.5) is 0 Å². The fraction of sp³-hybridized carbons (Fsp3) is 0.714. The molecule has 2 heterocycles. The van der Waals surface area contributed by atoms with Gasteiger partial charge in [-0.25, -0.2) is 8.42 Å². The van der Waals surface area contributed by atoms with Crippen molar-refractivity contribution in [3.05, 3.63) is 18.0 Å². The third-order valence-electron chi connectivity index (χ3n) is 3.95. The van der Waals surface area contributed by atoms with Gasteiger partial charge in [-0.3, -0.25) is 0 Å². The van der Waals surface area contributed by atoms with Gasteiger partial charge in [-0.05, 0) is 32.3 Å². The first-order chi connectivity index (χ1) is 9.98. The highest BCUT2D eigenvalue weighted by Gasteiger charge is 2.26. The Balaban J connectivity index is 2.14. The number of hydrogen-bond acceptors (Lipinski definition) is 4. The molecule has 0 aliphatic carbocycles. The van der Waals surface area contributed by atoms with E-state index in [1.165, 1.54) is 4.31 Å². The van der Waals surface area contributed by atoms with Gasteiger partial charge in [-0.15, -0.1) is 0 Å². The van der Waals surface area contributed by atoms with E-state index in [9.17, 15) is 8.42 Å². The van der Waals surface area contributed by atoms with Crippen molar-refractivity contribution in [3.63, 3.8) is 0 Å². The summed E-state index contributed by atoms with van der Waals surface area (Å²) in [6.45, 7) is 4.13. The van der Waals surface area contributed by atoms with Gasteiger partial charge in [0.15, 0.2) is 0 Å². The molecule has 2 rings (SSSR count). The molecule has 0 saturated carbocycles. The zero-order valence-electron chi connectivity index (χ0n) is 12.8. The predicted molar refractivity (Wildman–Crippen MR) is 81.4 cm³/mol. The Bertz CT molecular complexity index is 541. The molecule has 1 aliphatic heterocycles. The number of rotatable bonds is 6. The lowest BCUT2D eigenvalue weighted by Gasteiger charge is -2.26. The molecule has 2 N–H and O–H groups in total. The largest absolute Gasteiger partial charge is 0.377 e. The van der Waals surface area contributed by atoms with E-state index in [4.69, 9.17) is 10.5 Å². The summed E-state index contributed by atoms with van der Waals surface area (Å²) in [4.78, 5) is 0.308. The van der Waals surface area contributed by atoms with Crippen LogP contribution in [0.15, 0.2) is 17.2 Å². The van der Waals surface area contributed by atoms with Crippen LogP contribution in [0.5, 0.6) is 0 Å². The van der Waals surface area contributed by atoms with Gasteiger partial charge in [0.1, 0.15) is 4.90 Å². The van der Waals surface area contributed by atoms with Crippen LogP contribution < -0.4 is 5.73 Å². The molecule has 21 heavy (non-hydrogen) atoms. The summed E-state index contributed by atoms with van der Waals surface area (Å²) >= 11 is 0. The molecule has 120 valence electrons. The zero-order valence-corrected chi connectivity index (χ0v) is 13.6. The van der Waals surface area contributed by atoms with Crippen LogP contribution in [-0.4, -0.2) is 43.6 Å². The van der Waals surface area contributed by atoms with E-state index in [1.807, 2.05) is 11.5 Å². The van der Waals surface area contributed by atoms with E-state index in [0.717, 1.165) is 31.6 Å². The molecule has 1 fully saturated rings. The minimum atomic E-state index is -3.48. The number of aryl methyl sites for hydroxylation is 1. The van der Waals surface area contributed by atoms with Gasteiger partial charge in [0.05, 0.1) is 6.10 Å². The molecular formula is C14H25N3O3S. The maximum atomic E-state index is 12.6. The normalized spacial score (nSPS) is 20.1. The second-order valence-electron chi connectivity index (χ2n) is 5.43. The van der Waals surface area contributed by atoms with E-state index < -0.39 is 10.0 Å². The summed E-state index contributed by atoms with van der Waals surface area (Å²) in [5.41, 5.74) is 6.49. The van der Waals surface area contributed by atoms with Crippen molar-refractivity contribution in [1.82, 2.24) is 8.87 Å². The van der Waals surface area contributed by atoms with Gasteiger partial charge < -0.3 is 15.0 Å². The molecule has 1 aliphatic rings. The Morgan fingerprint density at radius 1 is 1.48 bits per heavy atom. The predicted octanol–water partition coefficient (Wildman–Crippen LogP) is 1.16. The van der Waals surface area contributed by atoms with Crippen LogP contribution in [0.2, 0.25) is 0 Å². The van der Waals surface area contributed by atoms with Crippen LogP contribution in [0.3, 0.4) is 0 Å². The van der Waals surface area contributed by atoms with Crippen molar-refractivity contribution in [1.29, 1.82) is 0 Å². The Kier molecular flexibility index (Phi) is 5.43. The molecule has 0 aromatic carbocycles. The molecule has 6 nitrogen and oxygen atoms in total. The minimum Gasteiger partial charge on any atom is -0.377 e. The maximum Gasteiger partial charge on any atom is 0.244 e. The van der Waals surface area contributed by atoms with Crippen molar-refractivity contribution in [3.8, 4) is 0 Å². The molecule has 1 aromatic rings. The van der Waals surface area contributed by atoms with Crippen molar-refractivity contribution in [2.45, 2.75) is 50.3 Å². The second kappa shape index (κ2) is 6.91. The van der Waals surface area contributed by atoms with Gasteiger partial charge in [-0.1, -0.05) is 0 Å². The summed E-state index contributed by atoms with van der Waals surface area (Å²) < 4.78 is 34.1. The lowest BCUT2D eigenvalue weighted by Crippen LogP contribution is -2.37. The quantitative estimate of drug-likeness (QED) is 0.854. The molecule has 1 atom stereocenters. The Morgan fingerprint density at radius 3 is 2.76 bits per heavy atom. The highest BCUT2D eigenvalue weighted by Crippen LogP contribution is 2.20. The third-order valence-corrected chi connectivity index (χ3v) is 5.74. The smallest absolute Gasteiger partial charge is 0.244 e. The zero-order chi connectivity index (χ0) is 15.5. The van der Waals surface area contributed by atoms with Crippen LogP contribution in [-0.2, 0) is 27.8 Å². The van der Waals surface area contributed by atoms with Crippen molar-refractivity contribution < 1.29 is 13.2 Å². The fourth-order valence-electron chi connectivity index (χ4n) is 2.65. The second-order valence-corrected chi connectivity index (χ2v) is 7.48. The summed E-state index contributed by atoms with van der Waals surface area (Å²) in [7, 11) is -1.87. The van der Waals surface area contributed by atoms with E-state index in [1.54, 1.807) is 19.3 Å². The lowest BCUT2D eigenvalue weighted by molar-refractivity contribution is 0.00858. The molecular weight excluding hydrogens is 290 g/mol. The lowest BCUT2D eigenvalue weighted by atomic mass is 10.1. The monoisotopic (exact) mass is 315 g/mol. The number of likely N-dealkylation sites (N-methyl/N-ethyl adjacent to an activating group) is 1. The molecule has 0 spiro atoms. The Morgan fingerprint density at radius 2 is 2.24 bits per heavy atom. The number of hydrogen-bond donors (Lipinski definition) is 1. The van der Waals surface area contributed by atoms with Crippen LogP contribution in [0, 0.1) is 0 Å². The first-order valence-electron chi connectivity index (χ1n) is 7.46. The number of nitrogens with zero attached hydrogens (tertiary/aromatic N) is 2. The molecule has 7 heteroatoms. The number of ether oxygens (including phenoxy) is 1. The number of sulfonamides is 1. The van der Waals surface area contributed by atoms with E-state index in [-0.39, 0.29) is 6.10 Å². The van der Waals surface area contributed by atoms with Gasteiger partial charge in [0, 0.05) is 45.2 Å². The molecule has 1 aromatic heterocycles. The summed E-state index contributed by atoms with van der Waals surface area (Å²) in [5, 5.41) is 0. The van der Waals surface area contributed by atoms with Crippen molar-refractivity contribution in [2.24, 2.45) is 5.73 Å². The Hall–Kier alpha value is -0.890. The third kappa shape index (κ3) is 3.66. The maximum absolute atomic E-state index is 12.6. The minimum absolute atomic E-state index is 0.000708. The standard InChI is InChI=1S/C14H25N3O3S/c1-3-17-11-14(8-12(17)9-15)21(18,19)16(2)10-13-6-4-5-7-20-13/h8,11,13H,3-7,9-10,15H2,1-2H3. The first kappa shape index (κ1) is 16.5. The van der Waals surface area contributed by atoms with Gasteiger partial charge >= 0.3 is 0 Å². The summed E-state index contributed by atoms with van der Waals surface area (Å²) in [6.07, 6.45) is 4.74. The molecule has 1 unspecified atom stereocenters. The van der Waals surface area contributed by atoms with Crippen LogP contribution in [0.1, 0.15) is 31.9 Å². The molecule has 0 radical (unpaired) electrons. The number of nitrogens with two attached hydrogens (primary N) is 1. The molecule has 0 amide bonds. The topological polar surface area (TPSA) is 77.6 Å². The van der Waals surface area contributed by atoms with E-state index in [2.05, 4.69) is 0 Å². The van der Waals surface area contributed by atoms with E-state index >= 15 is 0 Å². The molecule has 1 saturated heterocycles. The highest BCUT2D eigenvalue weighted by atomic mass is 32.2. The van der Waals surface area contributed by atoms with E-state index in [0.29, 0.717) is 24.5 Å². The van der Waals surface area contributed by atoms with Gasteiger partial charge in [-0.2, -0.15) is 4.31 Å². The van der Waals surface area contributed by atoms with Gasteiger partial charge in [0.25, 0.3) is 0 Å². The molecule has 0 bridgehead atoms. The van der Waals surface area contributed by atoms with Crippen molar-refractivity contribution >= 4 is 10.0 Å². The summed E-state index contributed by atoms with van der Waals surface area (Å²) in [5.74, 6) is 0. The number of aromatic nitrogens is 1. The highest BCUT2D eigenvalue weighted by molar-refractivity contribution is 7.89. The summed E-state index contributed by atoms with van der Waals surface area (Å²) in [6, 6.07) is 1.66.